The highest BCUT2D eigenvalue weighted by molar-refractivity contribution is 6.49. The first-order valence-corrected chi connectivity index (χ1v) is 6.74. The number of hydrogen-bond acceptors (Lipinski definition) is 0. The molecular formula is C13H5Cl4F3. The minimum Gasteiger partial charge on any atom is -0.166 e. The van der Waals surface area contributed by atoms with E-state index in [0.717, 1.165) is 0 Å². The van der Waals surface area contributed by atoms with Crippen LogP contribution in [0.4, 0.5) is 13.2 Å². The van der Waals surface area contributed by atoms with Crippen LogP contribution in [0.2, 0.25) is 20.1 Å². The van der Waals surface area contributed by atoms with Gasteiger partial charge in [-0.25, -0.2) is 0 Å². The fraction of sp³-hybridized carbons (Fsp3) is 0.0769. The van der Waals surface area contributed by atoms with Gasteiger partial charge in [-0.05, 0) is 17.7 Å². The van der Waals surface area contributed by atoms with E-state index >= 15 is 0 Å². The second-order valence-electron chi connectivity index (χ2n) is 3.88. The van der Waals surface area contributed by atoms with Crippen LogP contribution in [0.1, 0.15) is 5.56 Å². The lowest BCUT2D eigenvalue weighted by molar-refractivity contribution is -0.137. The molecule has 0 aliphatic heterocycles. The Morgan fingerprint density at radius 3 is 1.95 bits per heavy atom. The molecular weight excluding hydrogens is 355 g/mol. The summed E-state index contributed by atoms with van der Waals surface area (Å²) in [4.78, 5) is 0. The zero-order chi connectivity index (χ0) is 15.1. The van der Waals surface area contributed by atoms with E-state index in [1.54, 1.807) is 0 Å². The monoisotopic (exact) mass is 358 g/mol. The lowest BCUT2D eigenvalue weighted by Crippen LogP contribution is -2.08. The summed E-state index contributed by atoms with van der Waals surface area (Å²) in [5.41, 5.74) is -0.980. The van der Waals surface area contributed by atoms with Gasteiger partial charge in [-0.15, -0.1) is 0 Å². The van der Waals surface area contributed by atoms with Crippen molar-refractivity contribution in [3.63, 3.8) is 0 Å². The molecule has 0 bridgehead atoms. The molecule has 20 heavy (non-hydrogen) atoms. The van der Waals surface area contributed by atoms with Gasteiger partial charge in [-0.3, -0.25) is 0 Å². The standard InChI is InChI=1S/C13H5Cl4F3/c14-8-3-1-2-6(10(8)13(18,19)20)7-4-5-9(15)12(17)11(7)16/h1-5H. The number of alkyl halides is 3. The summed E-state index contributed by atoms with van der Waals surface area (Å²) in [6, 6.07) is 6.61. The first-order chi connectivity index (χ1) is 9.23. The Morgan fingerprint density at radius 2 is 1.35 bits per heavy atom. The van der Waals surface area contributed by atoms with Gasteiger partial charge in [0.05, 0.1) is 25.7 Å². The van der Waals surface area contributed by atoms with E-state index in [4.69, 9.17) is 46.4 Å². The molecule has 0 N–H and O–H groups in total. The van der Waals surface area contributed by atoms with E-state index in [1.165, 1.54) is 30.3 Å². The highest BCUT2D eigenvalue weighted by Gasteiger charge is 2.36. The average molecular weight is 360 g/mol. The molecule has 0 aliphatic carbocycles. The molecule has 2 aromatic rings. The van der Waals surface area contributed by atoms with Crippen LogP contribution in [0.15, 0.2) is 30.3 Å². The Kier molecular flexibility index (Phi) is 4.45. The second kappa shape index (κ2) is 5.64. The molecule has 0 saturated heterocycles. The van der Waals surface area contributed by atoms with Crippen LogP contribution in [0.25, 0.3) is 11.1 Å². The second-order valence-corrected chi connectivity index (χ2v) is 5.45. The predicted octanol–water partition coefficient (Wildman–Crippen LogP) is 6.99. The minimum absolute atomic E-state index is 0.000988. The maximum Gasteiger partial charge on any atom is 0.418 e. The molecule has 106 valence electrons. The third-order valence-electron chi connectivity index (χ3n) is 2.62. The van der Waals surface area contributed by atoms with Crippen molar-refractivity contribution >= 4 is 46.4 Å². The Morgan fingerprint density at radius 1 is 0.700 bits per heavy atom. The first kappa shape index (κ1) is 15.8. The highest BCUT2D eigenvalue weighted by Crippen LogP contribution is 2.45. The predicted molar refractivity (Wildman–Crippen MR) is 76.9 cm³/mol. The Labute approximate surface area is 133 Å². The quantitative estimate of drug-likeness (QED) is 0.481. The number of rotatable bonds is 1. The van der Waals surface area contributed by atoms with Gasteiger partial charge in [0.2, 0.25) is 0 Å². The maximum absolute atomic E-state index is 13.1. The van der Waals surface area contributed by atoms with Gasteiger partial charge in [-0.2, -0.15) is 13.2 Å². The van der Waals surface area contributed by atoms with E-state index in [0.29, 0.717) is 0 Å². The molecule has 0 atom stereocenters. The summed E-state index contributed by atoms with van der Waals surface area (Å²) in [5.74, 6) is 0. The summed E-state index contributed by atoms with van der Waals surface area (Å²) >= 11 is 23.3. The molecule has 0 amide bonds. The van der Waals surface area contributed by atoms with Crippen molar-refractivity contribution in [2.75, 3.05) is 0 Å². The molecule has 0 fully saturated rings. The van der Waals surface area contributed by atoms with E-state index in [1.807, 2.05) is 0 Å². The van der Waals surface area contributed by atoms with Gasteiger partial charge < -0.3 is 0 Å². The van der Waals surface area contributed by atoms with Gasteiger partial charge >= 0.3 is 6.18 Å². The summed E-state index contributed by atoms with van der Waals surface area (Å²) in [6.07, 6.45) is -4.61. The van der Waals surface area contributed by atoms with Crippen LogP contribution in [-0.4, -0.2) is 0 Å². The molecule has 2 rings (SSSR count). The third-order valence-corrected chi connectivity index (χ3v) is 4.23. The molecule has 7 heteroatoms. The number of halogens is 7. The molecule has 0 radical (unpaired) electrons. The van der Waals surface area contributed by atoms with E-state index in [9.17, 15) is 13.2 Å². The zero-order valence-corrected chi connectivity index (χ0v) is 12.6. The van der Waals surface area contributed by atoms with E-state index in [2.05, 4.69) is 0 Å². The summed E-state index contributed by atoms with van der Waals surface area (Å²) in [6.45, 7) is 0. The smallest absolute Gasteiger partial charge is 0.166 e. The number of hydrogen-bond donors (Lipinski definition) is 0. The van der Waals surface area contributed by atoms with Crippen molar-refractivity contribution in [3.05, 3.63) is 56.0 Å². The third kappa shape index (κ3) is 2.86. The maximum atomic E-state index is 13.1. The first-order valence-electron chi connectivity index (χ1n) is 5.23. The molecule has 2 aromatic carbocycles. The topological polar surface area (TPSA) is 0 Å². The number of benzene rings is 2. The van der Waals surface area contributed by atoms with Gasteiger partial charge in [-0.1, -0.05) is 64.6 Å². The normalized spacial score (nSPS) is 11.8. The van der Waals surface area contributed by atoms with Crippen LogP contribution in [0, 0.1) is 0 Å². The van der Waals surface area contributed by atoms with Gasteiger partial charge in [0.25, 0.3) is 0 Å². The Balaban J connectivity index is 2.78. The summed E-state index contributed by atoms with van der Waals surface area (Å²) in [5, 5.41) is -0.293. The van der Waals surface area contributed by atoms with Gasteiger partial charge in [0, 0.05) is 5.56 Å². The van der Waals surface area contributed by atoms with Crippen molar-refractivity contribution in [1.29, 1.82) is 0 Å². The van der Waals surface area contributed by atoms with Crippen LogP contribution in [0.3, 0.4) is 0 Å². The SMILES string of the molecule is FC(F)(F)c1c(Cl)cccc1-c1ccc(Cl)c(Cl)c1Cl. The molecule has 0 aliphatic rings. The van der Waals surface area contributed by atoms with Crippen molar-refractivity contribution < 1.29 is 13.2 Å². The summed E-state index contributed by atoms with van der Waals surface area (Å²) < 4.78 is 39.4. The van der Waals surface area contributed by atoms with Crippen LogP contribution in [-0.2, 0) is 6.18 Å². The lowest BCUT2D eigenvalue weighted by atomic mass is 9.99. The van der Waals surface area contributed by atoms with Crippen LogP contribution >= 0.6 is 46.4 Å². The van der Waals surface area contributed by atoms with E-state index in [-0.39, 0.29) is 26.2 Å². The molecule has 0 saturated carbocycles. The molecule has 0 nitrogen and oxygen atoms in total. The van der Waals surface area contributed by atoms with Crippen LogP contribution in [0.5, 0.6) is 0 Å². The van der Waals surface area contributed by atoms with Crippen molar-refractivity contribution in [2.24, 2.45) is 0 Å². The minimum atomic E-state index is -4.61. The van der Waals surface area contributed by atoms with Crippen molar-refractivity contribution in [3.8, 4) is 11.1 Å². The summed E-state index contributed by atoms with van der Waals surface area (Å²) in [7, 11) is 0. The largest absolute Gasteiger partial charge is 0.418 e. The van der Waals surface area contributed by atoms with Crippen molar-refractivity contribution in [1.82, 2.24) is 0 Å². The molecule has 0 spiro atoms. The highest BCUT2D eigenvalue weighted by atomic mass is 35.5. The van der Waals surface area contributed by atoms with Crippen LogP contribution < -0.4 is 0 Å². The average Bonchev–Trinajstić information content (AvgIpc) is 2.34. The molecule has 0 unspecified atom stereocenters. The lowest BCUT2D eigenvalue weighted by Gasteiger charge is -2.16. The van der Waals surface area contributed by atoms with Crippen molar-refractivity contribution in [2.45, 2.75) is 6.18 Å². The Bertz CT molecular complexity index is 665. The fourth-order valence-corrected chi connectivity index (χ4v) is 2.69. The van der Waals surface area contributed by atoms with Gasteiger partial charge in [0.1, 0.15) is 0 Å². The zero-order valence-electron chi connectivity index (χ0n) is 9.53. The fourth-order valence-electron chi connectivity index (χ4n) is 1.77. The van der Waals surface area contributed by atoms with Gasteiger partial charge in [0.15, 0.2) is 0 Å². The molecule has 0 heterocycles. The van der Waals surface area contributed by atoms with E-state index < -0.39 is 16.8 Å². The molecule has 0 aromatic heterocycles. The Hall–Kier alpha value is -0.610.